The van der Waals surface area contributed by atoms with Crippen LogP contribution in [0, 0.1) is 0 Å². The van der Waals surface area contributed by atoms with E-state index in [0.29, 0.717) is 23.0 Å². The third-order valence-corrected chi connectivity index (χ3v) is 5.77. The van der Waals surface area contributed by atoms with Gasteiger partial charge in [-0.3, -0.25) is 9.69 Å². The van der Waals surface area contributed by atoms with Crippen LogP contribution < -0.4 is 4.90 Å². The zero-order chi connectivity index (χ0) is 21.0. The molecular weight excluding hydrogens is 406 g/mol. The van der Waals surface area contributed by atoms with Gasteiger partial charge >= 0.3 is 0 Å². The standard InChI is InChI=1S/C24H19N5OS/c30-21(29(17-9-3-1-4-10-17)18-11-5-2-6-12-18)15-16-31-24-26-23-22(27-28-24)19-13-7-8-14-20(19)25-23/h1-14H,15-16H2,(H,25,26,28). The van der Waals surface area contributed by atoms with E-state index in [1.807, 2.05) is 84.9 Å². The van der Waals surface area contributed by atoms with Crippen molar-refractivity contribution in [1.82, 2.24) is 20.2 Å². The number of amides is 1. The molecule has 0 radical (unpaired) electrons. The Bertz CT molecular complexity index is 1300. The van der Waals surface area contributed by atoms with Gasteiger partial charge in [0, 0.05) is 34.5 Å². The molecule has 0 unspecified atom stereocenters. The molecule has 0 aliphatic heterocycles. The molecule has 2 aromatic heterocycles. The number of nitrogens with zero attached hydrogens (tertiary/aromatic N) is 4. The Balaban J connectivity index is 1.31. The Morgan fingerprint density at radius 2 is 1.48 bits per heavy atom. The lowest BCUT2D eigenvalue weighted by Gasteiger charge is -2.23. The number of hydrogen-bond acceptors (Lipinski definition) is 5. The van der Waals surface area contributed by atoms with Crippen LogP contribution >= 0.6 is 11.8 Å². The van der Waals surface area contributed by atoms with Crippen LogP contribution in [0.2, 0.25) is 0 Å². The molecule has 0 atom stereocenters. The first-order valence-corrected chi connectivity index (χ1v) is 11.0. The number of rotatable bonds is 6. The van der Waals surface area contributed by atoms with Crippen LogP contribution in [0.1, 0.15) is 6.42 Å². The van der Waals surface area contributed by atoms with Gasteiger partial charge in [-0.2, -0.15) is 0 Å². The molecule has 5 rings (SSSR count). The number of carbonyl (C=O) groups is 1. The van der Waals surface area contributed by atoms with Gasteiger partial charge in [-0.25, -0.2) is 4.98 Å². The number of aromatic nitrogens is 4. The molecule has 0 spiro atoms. The van der Waals surface area contributed by atoms with E-state index >= 15 is 0 Å². The monoisotopic (exact) mass is 425 g/mol. The van der Waals surface area contributed by atoms with Gasteiger partial charge in [-0.1, -0.05) is 66.4 Å². The molecule has 0 bridgehead atoms. The molecule has 0 saturated carbocycles. The van der Waals surface area contributed by atoms with Gasteiger partial charge < -0.3 is 4.98 Å². The highest BCUT2D eigenvalue weighted by Gasteiger charge is 2.18. The average molecular weight is 426 g/mol. The lowest BCUT2D eigenvalue weighted by atomic mass is 10.2. The number of anilines is 2. The summed E-state index contributed by atoms with van der Waals surface area (Å²) in [5.41, 5.74) is 4.15. The highest BCUT2D eigenvalue weighted by Crippen LogP contribution is 2.27. The Morgan fingerprint density at radius 3 is 2.19 bits per heavy atom. The molecule has 3 aromatic carbocycles. The molecule has 1 N–H and O–H groups in total. The van der Waals surface area contributed by atoms with Crippen LogP contribution in [0.15, 0.2) is 90.1 Å². The number of thioether (sulfide) groups is 1. The molecule has 0 aliphatic carbocycles. The summed E-state index contributed by atoms with van der Waals surface area (Å²) < 4.78 is 0. The predicted octanol–water partition coefficient (Wildman–Crippen LogP) is 5.35. The number of nitrogens with one attached hydrogen (secondary N) is 1. The first-order valence-electron chi connectivity index (χ1n) is 9.96. The average Bonchev–Trinajstić information content (AvgIpc) is 3.18. The van der Waals surface area contributed by atoms with Crippen molar-refractivity contribution in [1.29, 1.82) is 0 Å². The molecular formula is C24H19N5OS. The summed E-state index contributed by atoms with van der Waals surface area (Å²) in [4.78, 5) is 22.7. The fourth-order valence-electron chi connectivity index (χ4n) is 3.50. The van der Waals surface area contributed by atoms with Crippen LogP contribution in [0.3, 0.4) is 0 Å². The first-order chi connectivity index (χ1) is 15.3. The number of hydrogen-bond donors (Lipinski definition) is 1. The fourth-order valence-corrected chi connectivity index (χ4v) is 4.21. The Morgan fingerprint density at radius 1 is 0.839 bits per heavy atom. The van der Waals surface area contributed by atoms with Gasteiger partial charge in [0.2, 0.25) is 11.1 Å². The number of fused-ring (bicyclic) bond motifs is 3. The molecule has 152 valence electrons. The maximum Gasteiger partial charge on any atom is 0.232 e. The quantitative estimate of drug-likeness (QED) is 0.371. The van der Waals surface area contributed by atoms with E-state index in [1.54, 1.807) is 4.90 Å². The molecule has 31 heavy (non-hydrogen) atoms. The minimum Gasteiger partial charge on any atom is -0.338 e. The van der Waals surface area contributed by atoms with Gasteiger partial charge in [0.25, 0.3) is 0 Å². The molecule has 2 heterocycles. The van der Waals surface area contributed by atoms with Gasteiger partial charge in [0.05, 0.1) is 0 Å². The maximum atomic E-state index is 13.1. The van der Waals surface area contributed by atoms with E-state index < -0.39 is 0 Å². The van der Waals surface area contributed by atoms with Crippen molar-refractivity contribution in [2.24, 2.45) is 0 Å². The summed E-state index contributed by atoms with van der Waals surface area (Å²) in [7, 11) is 0. The summed E-state index contributed by atoms with van der Waals surface area (Å²) in [6.45, 7) is 0. The Labute approximate surface area is 183 Å². The second-order valence-electron chi connectivity index (χ2n) is 6.96. The molecule has 1 amide bonds. The number of H-pyrrole nitrogens is 1. The molecule has 0 fully saturated rings. The Hall–Kier alpha value is -3.71. The minimum atomic E-state index is 0.0181. The van der Waals surface area contributed by atoms with E-state index in [2.05, 4.69) is 20.2 Å². The topological polar surface area (TPSA) is 74.8 Å². The first kappa shape index (κ1) is 19.3. The largest absolute Gasteiger partial charge is 0.338 e. The molecule has 0 saturated heterocycles. The van der Waals surface area contributed by atoms with Crippen LogP contribution in [0.5, 0.6) is 0 Å². The van der Waals surface area contributed by atoms with Crippen molar-refractivity contribution in [3.63, 3.8) is 0 Å². The van der Waals surface area contributed by atoms with Gasteiger partial charge in [-0.05, 0) is 30.3 Å². The van der Waals surface area contributed by atoms with Crippen molar-refractivity contribution in [3.8, 4) is 0 Å². The second kappa shape index (κ2) is 8.57. The van der Waals surface area contributed by atoms with Crippen molar-refractivity contribution >= 4 is 51.1 Å². The summed E-state index contributed by atoms with van der Waals surface area (Å²) in [5, 5.41) is 10.1. The number of aromatic amines is 1. The molecule has 0 aliphatic rings. The number of benzene rings is 3. The molecule has 6 nitrogen and oxygen atoms in total. The second-order valence-corrected chi connectivity index (χ2v) is 8.02. The van der Waals surface area contributed by atoms with Crippen LogP contribution in [-0.2, 0) is 4.79 Å². The van der Waals surface area contributed by atoms with Crippen LogP contribution in [0.4, 0.5) is 11.4 Å². The van der Waals surface area contributed by atoms with E-state index in [4.69, 9.17) is 0 Å². The minimum absolute atomic E-state index is 0.0181. The van der Waals surface area contributed by atoms with Crippen molar-refractivity contribution < 1.29 is 4.79 Å². The van der Waals surface area contributed by atoms with E-state index in [-0.39, 0.29) is 5.91 Å². The fraction of sp³-hybridized carbons (Fsp3) is 0.0833. The summed E-state index contributed by atoms with van der Waals surface area (Å²) in [6, 6.07) is 27.3. The number of carbonyl (C=O) groups excluding carboxylic acids is 1. The lowest BCUT2D eigenvalue weighted by Crippen LogP contribution is -2.26. The van der Waals surface area contributed by atoms with Crippen molar-refractivity contribution in [2.75, 3.05) is 10.7 Å². The SMILES string of the molecule is O=C(CCSc1nnc2c(n1)[nH]c1ccccc12)N(c1ccccc1)c1ccccc1. The van der Waals surface area contributed by atoms with Gasteiger partial charge in [0.15, 0.2) is 5.65 Å². The highest BCUT2D eigenvalue weighted by molar-refractivity contribution is 7.99. The molecule has 7 heteroatoms. The van der Waals surface area contributed by atoms with Crippen LogP contribution in [-0.4, -0.2) is 31.8 Å². The van der Waals surface area contributed by atoms with Gasteiger partial charge in [0.1, 0.15) is 5.52 Å². The normalized spacial score (nSPS) is 11.1. The van der Waals surface area contributed by atoms with E-state index in [0.717, 1.165) is 27.8 Å². The highest BCUT2D eigenvalue weighted by atomic mass is 32.2. The van der Waals surface area contributed by atoms with Gasteiger partial charge in [-0.15, -0.1) is 10.2 Å². The zero-order valence-electron chi connectivity index (χ0n) is 16.6. The summed E-state index contributed by atoms with van der Waals surface area (Å²) >= 11 is 1.43. The maximum absolute atomic E-state index is 13.1. The molecule has 5 aromatic rings. The third-order valence-electron chi connectivity index (χ3n) is 4.93. The van der Waals surface area contributed by atoms with Crippen molar-refractivity contribution in [2.45, 2.75) is 11.6 Å². The Kier molecular flexibility index (Phi) is 5.33. The van der Waals surface area contributed by atoms with E-state index in [1.165, 1.54) is 11.8 Å². The smallest absolute Gasteiger partial charge is 0.232 e. The zero-order valence-corrected chi connectivity index (χ0v) is 17.4. The number of para-hydroxylation sites is 3. The summed E-state index contributed by atoms with van der Waals surface area (Å²) in [6.07, 6.45) is 0.350. The lowest BCUT2D eigenvalue weighted by molar-refractivity contribution is -0.117. The summed E-state index contributed by atoms with van der Waals surface area (Å²) in [5.74, 6) is 0.576. The third kappa shape index (κ3) is 4.00. The van der Waals surface area contributed by atoms with Crippen LogP contribution in [0.25, 0.3) is 22.1 Å². The van der Waals surface area contributed by atoms with E-state index in [9.17, 15) is 4.79 Å². The van der Waals surface area contributed by atoms with Crippen molar-refractivity contribution in [3.05, 3.63) is 84.9 Å². The predicted molar refractivity (Wildman–Crippen MR) is 125 cm³/mol.